The summed E-state index contributed by atoms with van der Waals surface area (Å²) >= 11 is 1.43. The molecule has 1 heterocycles. The van der Waals surface area contributed by atoms with Crippen molar-refractivity contribution in [1.29, 1.82) is 0 Å². The molecule has 0 aliphatic carbocycles. The highest BCUT2D eigenvalue weighted by Crippen LogP contribution is 2.29. The molecular formula is C27H29N3O2S. The molecular weight excluding hydrogens is 430 g/mol. The molecule has 3 aromatic carbocycles. The second kappa shape index (κ2) is 11.1. The minimum atomic E-state index is -0.0977. The van der Waals surface area contributed by atoms with E-state index in [0.717, 1.165) is 42.2 Å². The number of carbonyl (C=O) groups excluding carboxylic acids is 2. The molecule has 0 fully saturated rings. The average Bonchev–Trinajstić information content (AvgIpc) is 3.30. The van der Waals surface area contributed by atoms with Crippen molar-refractivity contribution in [3.05, 3.63) is 90.0 Å². The molecule has 0 atom stereocenters. The van der Waals surface area contributed by atoms with Crippen LogP contribution in [0.3, 0.4) is 0 Å². The fourth-order valence-electron chi connectivity index (χ4n) is 4.02. The van der Waals surface area contributed by atoms with Gasteiger partial charge < -0.3 is 15.1 Å². The molecule has 33 heavy (non-hydrogen) atoms. The minimum absolute atomic E-state index is 0.0733. The van der Waals surface area contributed by atoms with Crippen LogP contribution in [0.4, 0.5) is 11.4 Å². The monoisotopic (exact) mass is 459 g/mol. The topological polar surface area (TPSA) is 52.7 Å². The number of anilines is 2. The molecule has 6 heteroatoms. The summed E-state index contributed by atoms with van der Waals surface area (Å²) in [4.78, 5) is 30.5. The number of hydrogen-bond donors (Lipinski definition) is 1. The lowest BCUT2D eigenvalue weighted by molar-refractivity contribution is -0.116. The van der Waals surface area contributed by atoms with Gasteiger partial charge in [0.15, 0.2) is 0 Å². The SMILES string of the molecule is CN(CCCNC(=O)c1ccccc1SCC(=O)N1CCc2ccccc21)c1ccccc1. The lowest BCUT2D eigenvalue weighted by Crippen LogP contribution is -2.30. The molecule has 5 nitrogen and oxygen atoms in total. The average molecular weight is 460 g/mol. The highest BCUT2D eigenvalue weighted by Gasteiger charge is 2.24. The molecule has 0 bridgehead atoms. The number of nitrogens with one attached hydrogen (secondary N) is 1. The van der Waals surface area contributed by atoms with E-state index in [1.54, 1.807) is 0 Å². The van der Waals surface area contributed by atoms with Gasteiger partial charge in [-0.15, -0.1) is 11.8 Å². The molecule has 0 aromatic heterocycles. The first kappa shape index (κ1) is 22.9. The third-order valence-electron chi connectivity index (χ3n) is 5.82. The van der Waals surface area contributed by atoms with E-state index < -0.39 is 0 Å². The third-order valence-corrected chi connectivity index (χ3v) is 6.88. The maximum atomic E-state index is 12.9. The molecule has 1 aliphatic heterocycles. The summed E-state index contributed by atoms with van der Waals surface area (Å²) in [5, 5.41) is 3.03. The molecule has 0 radical (unpaired) electrons. The smallest absolute Gasteiger partial charge is 0.252 e. The molecule has 0 spiro atoms. The van der Waals surface area contributed by atoms with E-state index in [4.69, 9.17) is 0 Å². The molecule has 4 rings (SSSR count). The first-order valence-electron chi connectivity index (χ1n) is 11.3. The van der Waals surface area contributed by atoms with Gasteiger partial charge in [0.2, 0.25) is 5.91 Å². The summed E-state index contributed by atoms with van der Waals surface area (Å²) in [6.07, 6.45) is 1.74. The molecule has 170 valence electrons. The van der Waals surface area contributed by atoms with Gasteiger partial charge in [-0.1, -0.05) is 48.5 Å². The maximum Gasteiger partial charge on any atom is 0.252 e. The van der Waals surface area contributed by atoms with E-state index in [0.29, 0.717) is 17.9 Å². The number of para-hydroxylation sites is 2. The van der Waals surface area contributed by atoms with Crippen LogP contribution in [0.5, 0.6) is 0 Å². The number of thioether (sulfide) groups is 1. The molecule has 3 aromatic rings. The van der Waals surface area contributed by atoms with Crippen LogP contribution in [0.25, 0.3) is 0 Å². The Morgan fingerprint density at radius 1 is 0.970 bits per heavy atom. The lowest BCUT2D eigenvalue weighted by atomic mass is 10.2. The molecule has 1 N–H and O–H groups in total. The van der Waals surface area contributed by atoms with Crippen molar-refractivity contribution in [2.75, 3.05) is 42.2 Å². The van der Waals surface area contributed by atoms with Crippen molar-refractivity contribution in [2.45, 2.75) is 17.7 Å². The fraction of sp³-hybridized carbons (Fsp3) is 0.259. The fourth-order valence-corrected chi connectivity index (χ4v) is 4.95. The predicted molar refractivity (Wildman–Crippen MR) is 136 cm³/mol. The van der Waals surface area contributed by atoms with Crippen molar-refractivity contribution < 1.29 is 9.59 Å². The van der Waals surface area contributed by atoms with Gasteiger partial charge in [-0.05, 0) is 48.7 Å². The van der Waals surface area contributed by atoms with E-state index in [9.17, 15) is 9.59 Å². The Labute approximate surface area is 199 Å². The summed E-state index contributed by atoms with van der Waals surface area (Å²) < 4.78 is 0. The van der Waals surface area contributed by atoms with Crippen LogP contribution in [0.15, 0.2) is 83.8 Å². The Balaban J connectivity index is 1.28. The number of benzene rings is 3. The zero-order valence-corrected chi connectivity index (χ0v) is 19.7. The zero-order valence-electron chi connectivity index (χ0n) is 18.9. The van der Waals surface area contributed by atoms with Crippen LogP contribution in [0, 0.1) is 0 Å². The number of amides is 2. The summed E-state index contributed by atoms with van der Waals surface area (Å²) in [5.74, 6) is 0.282. The van der Waals surface area contributed by atoms with Crippen LogP contribution >= 0.6 is 11.8 Å². The lowest BCUT2D eigenvalue weighted by Gasteiger charge is -2.19. The Hall–Kier alpha value is -3.25. The van der Waals surface area contributed by atoms with Gasteiger partial charge in [0.1, 0.15) is 0 Å². The van der Waals surface area contributed by atoms with Crippen LogP contribution in [-0.2, 0) is 11.2 Å². The third kappa shape index (κ3) is 5.76. The van der Waals surface area contributed by atoms with Gasteiger partial charge in [0, 0.05) is 43.0 Å². The number of carbonyl (C=O) groups is 2. The van der Waals surface area contributed by atoms with Crippen LogP contribution < -0.4 is 15.1 Å². The second-order valence-corrected chi connectivity index (χ2v) is 9.09. The van der Waals surface area contributed by atoms with Gasteiger partial charge in [-0.2, -0.15) is 0 Å². The number of hydrogen-bond acceptors (Lipinski definition) is 4. The molecule has 0 saturated carbocycles. The van der Waals surface area contributed by atoms with E-state index in [1.165, 1.54) is 17.3 Å². The van der Waals surface area contributed by atoms with E-state index >= 15 is 0 Å². The van der Waals surface area contributed by atoms with Crippen LogP contribution in [0.2, 0.25) is 0 Å². The predicted octanol–water partition coefficient (Wildman–Crippen LogP) is 4.62. The Kier molecular flexibility index (Phi) is 7.68. The van der Waals surface area contributed by atoms with E-state index in [2.05, 4.69) is 35.5 Å². The largest absolute Gasteiger partial charge is 0.375 e. The minimum Gasteiger partial charge on any atom is -0.375 e. The van der Waals surface area contributed by atoms with Crippen molar-refractivity contribution in [3.8, 4) is 0 Å². The van der Waals surface area contributed by atoms with Crippen molar-refractivity contribution >= 4 is 35.0 Å². The standard InChI is InChI=1S/C27H29N3O2S/c1-29(22-11-3-2-4-12-22)18-9-17-28-27(32)23-13-6-8-15-25(23)33-20-26(31)30-19-16-21-10-5-7-14-24(21)30/h2-8,10-15H,9,16-20H2,1H3,(H,28,32). The maximum absolute atomic E-state index is 12.9. The quantitative estimate of drug-likeness (QED) is 0.375. The van der Waals surface area contributed by atoms with Gasteiger partial charge in [-0.25, -0.2) is 0 Å². The Morgan fingerprint density at radius 2 is 1.70 bits per heavy atom. The van der Waals surface area contributed by atoms with Crippen molar-refractivity contribution in [2.24, 2.45) is 0 Å². The zero-order chi connectivity index (χ0) is 23.0. The first-order chi connectivity index (χ1) is 16.1. The van der Waals surface area contributed by atoms with Gasteiger partial charge in [0.25, 0.3) is 5.91 Å². The normalized spacial score (nSPS) is 12.3. The Bertz CT molecular complexity index is 1100. The van der Waals surface area contributed by atoms with Gasteiger partial charge in [0.05, 0.1) is 11.3 Å². The van der Waals surface area contributed by atoms with Crippen molar-refractivity contribution in [3.63, 3.8) is 0 Å². The van der Waals surface area contributed by atoms with Gasteiger partial charge >= 0.3 is 0 Å². The summed E-state index contributed by atoms with van der Waals surface area (Å²) in [6, 6.07) is 25.8. The van der Waals surface area contributed by atoms with Crippen LogP contribution in [0.1, 0.15) is 22.3 Å². The first-order valence-corrected chi connectivity index (χ1v) is 12.3. The Morgan fingerprint density at radius 3 is 2.55 bits per heavy atom. The summed E-state index contributed by atoms with van der Waals surface area (Å²) in [6.45, 7) is 2.17. The van der Waals surface area contributed by atoms with Crippen LogP contribution in [-0.4, -0.2) is 44.2 Å². The summed E-state index contributed by atoms with van der Waals surface area (Å²) in [5.41, 5.74) is 4.01. The van der Waals surface area contributed by atoms with E-state index in [1.807, 2.05) is 65.6 Å². The molecule has 0 saturated heterocycles. The van der Waals surface area contributed by atoms with Gasteiger partial charge in [-0.3, -0.25) is 9.59 Å². The highest BCUT2D eigenvalue weighted by molar-refractivity contribution is 8.00. The molecule has 0 unspecified atom stereocenters. The highest BCUT2D eigenvalue weighted by atomic mass is 32.2. The second-order valence-electron chi connectivity index (χ2n) is 8.08. The number of rotatable bonds is 9. The molecule has 2 amide bonds. The number of fused-ring (bicyclic) bond motifs is 1. The number of nitrogens with zero attached hydrogens (tertiary/aromatic N) is 2. The summed E-state index contributed by atoms with van der Waals surface area (Å²) in [7, 11) is 2.05. The molecule has 1 aliphatic rings. The van der Waals surface area contributed by atoms with Crippen molar-refractivity contribution in [1.82, 2.24) is 5.32 Å². The van der Waals surface area contributed by atoms with E-state index in [-0.39, 0.29) is 11.8 Å².